The number of benzene rings is 1. The molecule has 0 N–H and O–H groups in total. The molecule has 0 unspecified atom stereocenters. The van der Waals surface area contributed by atoms with E-state index in [1.54, 1.807) is 30.8 Å². The van der Waals surface area contributed by atoms with E-state index < -0.39 is 5.97 Å². The number of Topliss-reactive ketones (excluding diaryl/α,β-unsaturated/α-hetero) is 1. The zero-order valence-corrected chi connectivity index (χ0v) is 14.4. The van der Waals surface area contributed by atoms with Crippen molar-refractivity contribution in [1.82, 2.24) is 10.1 Å². The number of carbonyl (C=O) groups excluding carboxylic acids is 2. The molecule has 1 heterocycles. The van der Waals surface area contributed by atoms with Gasteiger partial charge in [0.2, 0.25) is 5.89 Å². The molecule has 23 heavy (non-hydrogen) atoms. The van der Waals surface area contributed by atoms with Crippen molar-refractivity contribution in [3.63, 3.8) is 0 Å². The summed E-state index contributed by atoms with van der Waals surface area (Å²) in [5.41, 5.74) is 0.533. The van der Waals surface area contributed by atoms with E-state index in [4.69, 9.17) is 9.26 Å². The molecule has 1 aromatic heterocycles. The lowest BCUT2D eigenvalue weighted by Gasteiger charge is -2.04. The van der Waals surface area contributed by atoms with Crippen LogP contribution in [0.5, 0.6) is 0 Å². The summed E-state index contributed by atoms with van der Waals surface area (Å²) in [7, 11) is 0. The van der Waals surface area contributed by atoms with Gasteiger partial charge >= 0.3 is 5.97 Å². The summed E-state index contributed by atoms with van der Waals surface area (Å²) in [5.74, 6) is 0.948. The van der Waals surface area contributed by atoms with Crippen LogP contribution in [-0.4, -0.2) is 40.5 Å². The van der Waals surface area contributed by atoms with Crippen LogP contribution >= 0.6 is 23.5 Å². The van der Waals surface area contributed by atoms with E-state index in [0.29, 0.717) is 23.0 Å². The molecule has 8 heteroatoms. The van der Waals surface area contributed by atoms with E-state index >= 15 is 0 Å². The Bertz CT molecular complexity index is 670. The van der Waals surface area contributed by atoms with E-state index in [-0.39, 0.29) is 18.1 Å². The van der Waals surface area contributed by atoms with E-state index in [1.807, 2.05) is 18.4 Å². The predicted molar refractivity (Wildman–Crippen MR) is 88.7 cm³/mol. The Balaban J connectivity index is 1.69. The van der Waals surface area contributed by atoms with Gasteiger partial charge in [0.1, 0.15) is 0 Å². The number of ether oxygens (including phenoxy) is 1. The van der Waals surface area contributed by atoms with Gasteiger partial charge in [-0.15, -0.1) is 23.5 Å². The summed E-state index contributed by atoms with van der Waals surface area (Å²) in [4.78, 5) is 28.6. The van der Waals surface area contributed by atoms with Crippen molar-refractivity contribution in [2.24, 2.45) is 0 Å². The average Bonchev–Trinajstić information content (AvgIpc) is 2.98. The van der Waals surface area contributed by atoms with Crippen LogP contribution in [-0.2, 0) is 15.3 Å². The number of ketones is 1. The van der Waals surface area contributed by atoms with Crippen LogP contribution < -0.4 is 0 Å². The fourth-order valence-electron chi connectivity index (χ4n) is 1.67. The number of hydrogen-bond acceptors (Lipinski definition) is 8. The van der Waals surface area contributed by atoms with Crippen LogP contribution in [0.3, 0.4) is 0 Å². The minimum Gasteiger partial charge on any atom is -0.457 e. The number of aromatic nitrogens is 2. The first kappa shape index (κ1) is 17.6. The fraction of sp³-hybridized carbons (Fsp3) is 0.333. The predicted octanol–water partition coefficient (Wildman–Crippen LogP) is 2.76. The molecule has 0 aliphatic carbocycles. The van der Waals surface area contributed by atoms with Crippen LogP contribution in [0.4, 0.5) is 0 Å². The largest absolute Gasteiger partial charge is 0.457 e. The Hall–Kier alpha value is -1.80. The molecule has 6 nitrogen and oxygen atoms in total. The van der Waals surface area contributed by atoms with Crippen LogP contribution in [0.25, 0.3) is 0 Å². The van der Waals surface area contributed by atoms with Crippen molar-refractivity contribution in [2.75, 3.05) is 18.6 Å². The molecule has 0 aliphatic heterocycles. The Labute approximate surface area is 142 Å². The van der Waals surface area contributed by atoms with Crippen LogP contribution in [0.2, 0.25) is 0 Å². The first-order chi connectivity index (χ1) is 11.1. The smallest absolute Gasteiger partial charge is 0.316 e. The Morgan fingerprint density at radius 3 is 2.61 bits per heavy atom. The van der Waals surface area contributed by atoms with E-state index in [2.05, 4.69) is 10.1 Å². The molecule has 0 bridgehead atoms. The first-order valence-corrected chi connectivity index (χ1v) is 9.16. The van der Waals surface area contributed by atoms with E-state index in [1.165, 1.54) is 11.8 Å². The molecule has 0 atom stereocenters. The highest BCUT2D eigenvalue weighted by atomic mass is 32.2. The third-order valence-corrected chi connectivity index (χ3v) is 4.44. The normalized spacial score (nSPS) is 10.5. The minimum absolute atomic E-state index is 0.131. The Kier molecular flexibility index (Phi) is 6.66. The lowest BCUT2D eigenvalue weighted by Crippen LogP contribution is -2.15. The van der Waals surface area contributed by atoms with Gasteiger partial charge in [-0.05, 0) is 18.4 Å². The van der Waals surface area contributed by atoms with E-state index in [0.717, 1.165) is 4.90 Å². The molecule has 0 spiro atoms. The molecule has 0 saturated carbocycles. The van der Waals surface area contributed by atoms with Crippen molar-refractivity contribution in [3.05, 3.63) is 41.5 Å². The van der Waals surface area contributed by atoms with Crippen LogP contribution in [0.1, 0.15) is 22.1 Å². The third-order valence-electron chi connectivity index (χ3n) is 2.80. The van der Waals surface area contributed by atoms with Gasteiger partial charge in [-0.25, -0.2) is 0 Å². The fourth-order valence-corrected chi connectivity index (χ4v) is 2.73. The molecule has 1 aromatic carbocycles. The number of thioether (sulfide) groups is 2. The minimum atomic E-state index is -0.440. The lowest BCUT2D eigenvalue weighted by molar-refractivity contribution is -0.139. The van der Waals surface area contributed by atoms with Gasteiger partial charge in [0.15, 0.2) is 18.2 Å². The number of nitrogens with zero attached hydrogens (tertiary/aromatic N) is 2. The summed E-state index contributed by atoms with van der Waals surface area (Å²) in [6, 6.07) is 7.19. The standard InChI is InChI=1S/C15H16N2O4S2/c1-10-16-14(17-21-10)8-23-9-15(19)20-7-13(18)11-3-5-12(22-2)6-4-11/h3-6H,7-9H2,1-2H3. The highest BCUT2D eigenvalue weighted by molar-refractivity contribution is 7.99. The number of aryl methyl sites for hydroxylation is 1. The number of carbonyl (C=O) groups is 2. The summed E-state index contributed by atoms with van der Waals surface area (Å²) in [5, 5.41) is 3.73. The maximum absolute atomic E-state index is 11.9. The monoisotopic (exact) mass is 352 g/mol. The molecule has 0 radical (unpaired) electrons. The summed E-state index contributed by atoms with van der Waals surface area (Å²) in [6.07, 6.45) is 1.96. The summed E-state index contributed by atoms with van der Waals surface area (Å²) >= 11 is 2.91. The van der Waals surface area contributed by atoms with Crippen LogP contribution in [0.15, 0.2) is 33.7 Å². The number of rotatable bonds is 8. The number of esters is 1. The summed E-state index contributed by atoms with van der Waals surface area (Å²) < 4.78 is 9.81. The highest BCUT2D eigenvalue weighted by Gasteiger charge is 2.11. The molecular formula is C15H16N2O4S2. The zero-order valence-electron chi connectivity index (χ0n) is 12.8. The van der Waals surface area contributed by atoms with Gasteiger partial charge < -0.3 is 9.26 Å². The maximum atomic E-state index is 11.9. The van der Waals surface area contributed by atoms with Gasteiger partial charge in [0.05, 0.1) is 11.5 Å². The molecule has 2 rings (SSSR count). The van der Waals surface area contributed by atoms with Gasteiger partial charge in [0.25, 0.3) is 0 Å². The van der Waals surface area contributed by atoms with Crippen molar-refractivity contribution >= 4 is 35.3 Å². The van der Waals surface area contributed by atoms with Crippen molar-refractivity contribution in [1.29, 1.82) is 0 Å². The Morgan fingerprint density at radius 1 is 1.26 bits per heavy atom. The second kappa shape index (κ2) is 8.73. The maximum Gasteiger partial charge on any atom is 0.316 e. The molecule has 0 amide bonds. The topological polar surface area (TPSA) is 82.3 Å². The zero-order chi connectivity index (χ0) is 16.7. The second-order valence-corrected chi connectivity index (χ2v) is 6.40. The molecule has 0 aliphatic rings. The average molecular weight is 352 g/mol. The highest BCUT2D eigenvalue weighted by Crippen LogP contribution is 2.15. The van der Waals surface area contributed by atoms with Gasteiger partial charge in [-0.3, -0.25) is 9.59 Å². The molecule has 0 fully saturated rings. The first-order valence-electron chi connectivity index (χ1n) is 6.78. The van der Waals surface area contributed by atoms with Crippen LogP contribution in [0, 0.1) is 6.92 Å². The van der Waals surface area contributed by atoms with Gasteiger partial charge in [-0.2, -0.15) is 4.98 Å². The molecule has 2 aromatic rings. The van der Waals surface area contributed by atoms with Crippen molar-refractivity contribution < 1.29 is 18.8 Å². The third kappa shape index (κ3) is 5.72. The van der Waals surface area contributed by atoms with Gasteiger partial charge in [-0.1, -0.05) is 17.3 Å². The second-order valence-electron chi connectivity index (χ2n) is 4.53. The Morgan fingerprint density at radius 2 is 2.00 bits per heavy atom. The number of hydrogen-bond donors (Lipinski definition) is 0. The SMILES string of the molecule is CSc1ccc(C(=O)COC(=O)CSCc2noc(C)n2)cc1. The van der Waals surface area contributed by atoms with Crippen molar-refractivity contribution in [2.45, 2.75) is 17.6 Å². The molecule has 0 saturated heterocycles. The summed E-state index contributed by atoms with van der Waals surface area (Å²) in [6.45, 7) is 1.45. The quantitative estimate of drug-likeness (QED) is 0.407. The lowest BCUT2D eigenvalue weighted by atomic mass is 10.1. The van der Waals surface area contributed by atoms with Gasteiger partial charge in [0, 0.05) is 17.4 Å². The van der Waals surface area contributed by atoms with Crippen molar-refractivity contribution in [3.8, 4) is 0 Å². The van der Waals surface area contributed by atoms with E-state index in [9.17, 15) is 9.59 Å². The molecular weight excluding hydrogens is 336 g/mol. The molecule has 122 valence electrons.